The highest BCUT2D eigenvalue weighted by molar-refractivity contribution is 7.99. The van der Waals surface area contributed by atoms with Crippen LogP contribution in [0.5, 0.6) is 0 Å². The van der Waals surface area contributed by atoms with Crippen molar-refractivity contribution in [1.82, 2.24) is 10.2 Å². The van der Waals surface area contributed by atoms with Crippen LogP contribution in [-0.4, -0.2) is 42.4 Å². The van der Waals surface area contributed by atoms with Gasteiger partial charge >= 0.3 is 0 Å². The first-order valence-electron chi connectivity index (χ1n) is 9.88. The summed E-state index contributed by atoms with van der Waals surface area (Å²) in [6.07, 6.45) is 6.23. The molecule has 0 radical (unpaired) electrons. The van der Waals surface area contributed by atoms with Gasteiger partial charge < -0.3 is 10.2 Å². The number of thioether (sulfide) groups is 1. The summed E-state index contributed by atoms with van der Waals surface area (Å²) >= 11 is 1.97. The van der Waals surface area contributed by atoms with Crippen molar-refractivity contribution < 1.29 is 0 Å². The van der Waals surface area contributed by atoms with Crippen LogP contribution in [0, 0.1) is 5.92 Å². The molecule has 0 spiro atoms. The summed E-state index contributed by atoms with van der Waals surface area (Å²) in [5, 5.41) is 3.77. The SMILES string of the molecule is CC(C)C=C1CCN(CC[C@H](CSc2ccccc2)NC(C)C)CC1. The van der Waals surface area contributed by atoms with Gasteiger partial charge in [-0.2, -0.15) is 0 Å². The number of hydrogen-bond acceptors (Lipinski definition) is 3. The Morgan fingerprint density at radius 3 is 2.36 bits per heavy atom. The Morgan fingerprint density at radius 2 is 1.76 bits per heavy atom. The summed E-state index contributed by atoms with van der Waals surface area (Å²) < 4.78 is 0. The second-order valence-corrected chi connectivity index (χ2v) is 8.94. The lowest BCUT2D eigenvalue weighted by Gasteiger charge is -2.30. The quantitative estimate of drug-likeness (QED) is 0.480. The molecule has 1 N–H and O–H groups in total. The van der Waals surface area contributed by atoms with Crippen LogP contribution >= 0.6 is 11.8 Å². The third-order valence-electron chi connectivity index (χ3n) is 4.62. The van der Waals surface area contributed by atoms with Crippen LogP contribution < -0.4 is 5.32 Å². The maximum atomic E-state index is 3.77. The lowest BCUT2D eigenvalue weighted by Crippen LogP contribution is -2.40. The maximum absolute atomic E-state index is 3.77. The van der Waals surface area contributed by atoms with Crippen molar-refractivity contribution in [1.29, 1.82) is 0 Å². The van der Waals surface area contributed by atoms with Gasteiger partial charge in [-0.1, -0.05) is 57.5 Å². The first kappa shape index (κ1) is 20.5. The van der Waals surface area contributed by atoms with Gasteiger partial charge in [0.15, 0.2) is 0 Å². The number of likely N-dealkylation sites (tertiary alicyclic amines) is 1. The first-order chi connectivity index (χ1) is 12.0. The van der Waals surface area contributed by atoms with Gasteiger partial charge in [0.1, 0.15) is 0 Å². The van der Waals surface area contributed by atoms with E-state index >= 15 is 0 Å². The Bertz CT molecular complexity index is 500. The fourth-order valence-corrected chi connectivity index (χ4v) is 4.45. The van der Waals surface area contributed by atoms with E-state index in [4.69, 9.17) is 0 Å². The third-order valence-corrected chi connectivity index (χ3v) is 5.80. The van der Waals surface area contributed by atoms with Crippen LogP contribution in [0.15, 0.2) is 46.9 Å². The van der Waals surface area contributed by atoms with E-state index in [2.05, 4.69) is 74.3 Å². The smallest absolute Gasteiger partial charge is 0.0176 e. The van der Waals surface area contributed by atoms with Gasteiger partial charge in [-0.05, 0) is 43.9 Å². The normalized spacial score (nSPS) is 17.3. The van der Waals surface area contributed by atoms with Crippen LogP contribution in [0.25, 0.3) is 0 Å². The van der Waals surface area contributed by atoms with Gasteiger partial charge in [-0.25, -0.2) is 0 Å². The topological polar surface area (TPSA) is 15.3 Å². The molecule has 140 valence electrons. The van der Waals surface area contributed by atoms with E-state index in [0.29, 0.717) is 18.0 Å². The lowest BCUT2D eigenvalue weighted by atomic mass is 9.99. The number of allylic oxidation sites excluding steroid dienone is 1. The molecule has 0 saturated carbocycles. The number of rotatable bonds is 9. The molecule has 0 aromatic heterocycles. The van der Waals surface area contributed by atoms with Crippen LogP contribution in [-0.2, 0) is 0 Å². The second-order valence-electron chi connectivity index (χ2n) is 7.84. The maximum Gasteiger partial charge on any atom is 0.0176 e. The Kier molecular flexibility index (Phi) is 9.08. The van der Waals surface area contributed by atoms with Crippen LogP contribution in [0.4, 0.5) is 0 Å². The molecule has 0 amide bonds. The monoisotopic (exact) mass is 360 g/mol. The molecule has 0 aliphatic carbocycles. The zero-order chi connectivity index (χ0) is 18.1. The molecule has 1 atom stereocenters. The van der Waals surface area contributed by atoms with Crippen molar-refractivity contribution in [3.8, 4) is 0 Å². The average Bonchev–Trinajstić information content (AvgIpc) is 2.58. The zero-order valence-electron chi connectivity index (χ0n) is 16.5. The van der Waals surface area contributed by atoms with Crippen LogP contribution in [0.3, 0.4) is 0 Å². The van der Waals surface area contributed by atoms with Gasteiger partial charge in [0, 0.05) is 35.8 Å². The highest BCUT2D eigenvalue weighted by Gasteiger charge is 2.17. The molecule has 1 aromatic carbocycles. The Hall–Kier alpha value is -0.770. The number of hydrogen-bond donors (Lipinski definition) is 1. The highest BCUT2D eigenvalue weighted by Crippen LogP contribution is 2.21. The summed E-state index contributed by atoms with van der Waals surface area (Å²) in [6.45, 7) is 12.8. The van der Waals surface area contributed by atoms with E-state index in [1.807, 2.05) is 11.8 Å². The summed E-state index contributed by atoms with van der Waals surface area (Å²) in [6, 6.07) is 11.9. The summed E-state index contributed by atoms with van der Waals surface area (Å²) in [5.74, 6) is 1.84. The fraction of sp³-hybridized carbons (Fsp3) is 0.636. The molecule has 1 aromatic rings. The number of nitrogens with zero attached hydrogens (tertiary/aromatic N) is 1. The summed E-state index contributed by atoms with van der Waals surface area (Å²) in [7, 11) is 0. The first-order valence-corrected chi connectivity index (χ1v) is 10.9. The van der Waals surface area contributed by atoms with Crippen molar-refractivity contribution in [3.05, 3.63) is 42.0 Å². The van der Waals surface area contributed by atoms with E-state index < -0.39 is 0 Å². The van der Waals surface area contributed by atoms with Crippen LogP contribution in [0.2, 0.25) is 0 Å². The minimum atomic E-state index is 0.545. The zero-order valence-corrected chi connectivity index (χ0v) is 17.3. The minimum Gasteiger partial charge on any atom is -0.311 e. The Balaban J connectivity index is 1.76. The predicted octanol–water partition coefficient (Wildman–Crippen LogP) is 5.21. The van der Waals surface area contributed by atoms with Gasteiger partial charge in [0.2, 0.25) is 0 Å². The fourth-order valence-electron chi connectivity index (χ4n) is 3.44. The molecule has 1 aliphatic rings. The van der Waals surface area contributed by atoms with Gasteiger partial charge in [0.25, 0.3) is 0 Å². The summed E-state index contributed by atoms with van der Waals surface area (Å²) in [4.78, 5) is 4.03. The number of piperidine rings is 1. The molecular weight excluding hydrogens is 324 g/mol. The number of benzene rings is 1. The van der Waals surface area contributed by atoms with Gasteiger partial charge in [-0.15, -0.1) is 11.8 Å². The van der Waals surface area contributed by atoms with Crippen molar-refractivity contribution in [2.24, 2.45) is 5.92 Å². The summed E-state index contributed by atoms with van der Waals surface area (Å²) in [5.41, 5.74) is 1.67. The molecule has 1 heterocycles. The molecule has 0 unspecified atom stereocenters. The molecule has 1 fully saturated rings. The molecule has 0 bridgehead atoms. The van der Waals surface area contributed by atoms with E-state index in [-0.39, 0.29) is 0 Å². The van der Waals surface area contributed by atoms with Crippen molar-refractivity contribution in [2.45, 2.75) is 63.9 Å². The van der Waals surface area contributed by atoms with Crippen molar-refractivity contribution in [2.75, 3.05) is 25.4 Å². The Labute approximate surface area is 159 Å². The predicted molar refractivity (Wildman–Crippen MR) is 112 cm³/mol. The third kappa shape index (κ3) is 8.44. The minimum absolute atomic E-state index is 0.545. The molecule has 2 rings (SSSR count). The number of nitrogens with one attached hydrogen (secondary N) is 1. The van der Waals surface area contributed by atoms with Gasteiger partial charge in [-0.3, -0.25) is 0 Å². The molecule has 25 heavy (non-hydrogen) atoms. The highest BCUT2D eigenvalue weighted by atomic mass is 32.2. The van der Waals surface area contributed by atoms with E-state index in [9.17, 15) is 0 Å². The largest absolute Gasteiger partial charge is 0.311 e. The van der Waals surface area contributed by atoms with E-state index in [0.717, 1.165) is 5.75 Å². The standard InChI is InChI=1S/C22H36N2S/c1-18(2)16-20-10-13-24(14-11-20)15-12-21(23-19(3)4)17-25-22-8-6-5-7-9-22/h5-9,16,18-19,21,23H,10-15,17H2,1-4H3/t21-/m1/s1. The van der Waals surface area contributed by atoms with Crippen molar-refractivity contribution >= 4 is 11.8 Å². The van der Waals surface area contributed by atoms with Crippen LogP contribution in [0.1, 0.15) is 47.0 Å². The molecule has 1 aliphatic heterocycles. The van der Waals surface area contributed by atoms with E-state index in [1.54, 1.807) is 5.57 Å². The molecule has 3 heteroatoms. The lowest BCUT2D eigenvalue weighted by molar-refractivity contribution is 0.241. The van der Waals surface area contributed by atoms with E-state index in [1.165, 1.54) is 43.8 Å². The van der Waals surface area contributed by atoms with Gasteiger partial charge in [0.05, 0.1) is 0 Å². The second kappa shape index (κ2) is 11.1. The van der Waals surface area contributed by atoms with Crippen molar-refractivity contribution in [3.63, 3.8) is 0 Å². The average molecular weight is 361 g/mol. The Morgan fingerprint density at radius 1 is 1.08 bits per heavy atom. The molecule has 2 nitrogen and oxygen atoms in total. The molecule has 1 saturated heterocycles. The molecular formula is C22H36N2S.